The molecule has 33 heteroatoms. The molecule has 540 valence electrons. The number of hydrogen-bond acceptors (Lipinski definition) is 24. The van der Waals surface area contributed by atoms with E-state index in [1.54, 1.807) is 14.1 Å². The van der Waals surface area contributed by atoms with Crippen molar-refractivity contribution in [2.45, 2.75) is 91.9 Å². The molecule has 18 N–H and O–H groups in total. The second-order valence-electron chi connectivity index (χ2n) is 25.2. The molecule has 7 amide bonds. The lowest BCUT2D eigenvalue weighted by Gasteiger charge is -2.40. The molecule has 7 aromatic carbocycles. The Morgan fingerprint density at radius 3 is 1.95 bits per heavy atom. The number of rotatable bonds is 9. The first-order chi connectivity index (χ1) is 49.2. The van der Waals surface area contributed by atoms with Crippen LogP contribution in [0.25, 0.3) is 11.1 Å². The molecule has 7 aliphatic rings. The quantitative estimate of drug-likeness (QED) is 0.0924. The Balaban J connectivity index is 1.07. The molecule has 14 rings (SSSR count). The van der Waals surface area contributed by atoms with Crippen LogP contribution in [0.3, 0.4) is 0 Å². The van der Waals surface area contributed by atoms with E-state index in [2.05, 4.69) is 42.5 Å². The van der Waals surface area contributed by atoms with E-state index in [1.165, 1.54) is 61.6 Å². The van der Waals surface area contributed by atoms with Gasteiger partial charge < -0.3 is 122 Å². The maximum Gasteiger partial charge on any atom is 0.248 e. The fraction of sp³-hybridized carbons (Fsp3) is 0.300. The summed E-state index contributed by atoms with van der Waals surface area (Å²) in [6.07, 6.45) is -11.8. The van der Waals surface area contributed by atoms with Crippen LogP contribution in [-0.2, 0) is 44.7 Å². The van der Waals surface area contributed by atoms with Crippen LogP contribution in [0.15, 0.2) is 115 Å². The number of aliphatic hydroxyl groups is 5. The van der Waals surface area contributed by atoms with Gasteiger partial charge in [-0.2, -0.15) is 0 Å². The molecule has 0 aliphatic carbocycles. The third-order valence-electron chi connectivity index (χ3n) is 17.9. The SMILES string of the molecule is CN[C@H]1C(=O)N[C@@H]2Cc3ccc(cc3)Oc3cc4cc(c3O)Oc3ccc(cc3Cl)[C@@H](O)[C@@H]3NC(=O)[C@H](NC(=O)[C@@H]4NC(=O)[C@@H](NC2=O)c2cc(cc(O)c2Cl)Oc2cc1ccc2O)c1ccc(O)c(c1)-c1c(O[C@H]2O[C@H](CO)[C@@H](O)[C@H](O)[C@@H]2O)cc(O)cc1[C@@H](C(=O)NCCCN(C)C)NC3=O. The maximum absolute atomic E-state index is 16.2. The molecule has 0 radical (unpaired) electrons. The largest absolute Gasteiger partial charge is 0.508 e. The number of nitrogens with zero attached hydrogens (tertiary/aromatic N) is 1. The fourth-order valence-electron chi connectivity index (χ4n) is 12.6. The number of carbonyl (C=O) groups excluding carboxylic acids is 7. The minimum atomic E-state index is -2.24. The smallest absolute Gasteiger partial charge is 0.248 e. The number of aromatic hydroxyl groups is 5. The summed E-state index contributed by atoms with van der Waals surface area (Å²) in [6.45, 7) is -0.514. The van der Waals surface area contributed by atoms with Crippen molar-refractivity contribution in [3.63, 3.8) is 0 Å². The van der Waals surface area contributed by atoms with Gasteiger partial charge in [-0.1, -0.05) is 53.5 Å². The first-order valence-corrected chi connectivity index (χ1v) is 32.8. The van der Waals surface area contributed by atoms with E-state index in [-0.39, 0.29) is 63.2 Å². The molecule has 103 heavy (non-hydrogen) atoms. The van der Waals surface area contributed by atoms with Gasteiger partial charge in [0.05, 0.1) is 16.7 Å². The zero-order valence-electron chi connectivity index (χ0n) is 54.6. The molecular formula is C70H69Cl2N9O22. The van der Waals surface area contributed by atoms with Crippen LogP contribution < -0.4 is 61.5 Å². The zero-order chi connectivity index (χ0) is 73.6. The number of nitrogens with one attached hydrogen (secondary N) is 8. The van der Waals surface area contributed by atoms with Crippen molar-refractivity contribution < 1.29 is 108 Å². The molecular weight excluding hydrogens is 1390 g/mol. The standard InChI is InChI=1S/C70H69Cl2N9O22/c1-73-52-30-8-13-42(85)45(20-30)100-35-25-38(51(72)43(86)26-35)56-68(97)77-54-32-21-47(99-34-10-5-28(6-11-34)17-40(63(92)78-56)75-65(52)94)59(88)48(22-32)101-44-14-9-31(19-39(44)71)58(87)57-69(98)79-55(64(93)74-15-4-16-81(2)3)37-23-33(83)24-46(102-70-62(91)61(90)60(89)49(27-82)103-70)50(37)36-18-29(7-12-41(36)84)53(66(95)80-57)76-67(54)96/h5-14,18-26,40,49,52-58,60-62,70,73,82-91H,4,15-17,27H2,1-3H3,(H,74,93)(H,75,94)(H,76,96)(H,77,97)(H,78,92)(H,79,98)(H,80,95)/t40-,49-,52-,53-,54-,55+,56+,57+,58-,60-,61+,62+,70+/m1/s1. The molecule has 17 bridgehead atoms. The minimum Gasteiger partial charge on any atom is -0.508 e. The van der Waals surface area contributed by atoms with Crippen LogP contribution in [0.2, 0.25) is 10.0 Å². The Bertz CT molecular complexity index is 4530. The van der Waals surface area contributed by atoms with Crippen molar-refractivity contribution in [1.82, 2.24) is 47.4 Å². The van der Waals surface area contributed by atoms with Crippen molar-refractivity contribution in [3.05, 3.63) is 164 Å². The van der Waals surface area contributed by atoms with Crippen LogP contribution in [0, 0.1) is 0 Å². The summed E-state index contributed by atoms with van der Waals surface area (Å²) >= 11 is 13.9. The monoisotopic (exact) mass is 1460 g/mol. The zero-order valence-corrected chi connectivity index (χ0v) is 56.1. The lowest BCUT2D eigenvalue weighted by molar-refractivity contribution is -0.277. The molecule has 7 aromatic rings. The number of benzene rings is 7. The van der Waals surface area contributed by atoms with Crippen molar-refractivity contribution in [3.8, 4) is 80.1 Å². The summed E-state index contributed by atoms with van der Waals surface area (Å²) in [5.74, 6) is -13.9. The van der Waals surface area contributed by atoms with Gasteiger partial charge in [0.1, 0.15) is 113 Å². The molecule has 0 unspecified atom stereocenters. The van der Waals surface area contributed by atoms with Crippen molar-refractivity contribution in [1.29, 1.82) is 0 Å². The van der Waals surface area contributed by atoms with E-state index in [1.807, 2.05) is 4.90 Å². The number of fused-ring (bicyclic) bond motifs is 14. The number of phenols is 5. The van der Waals surface area contributed by atoms with E-state index in [4.69, 9.17) is 46.9 Å². The fourth-order valence-corrected chi connectivity index (χ4v) is 13.0. The second kappa shape index (κ2) is 29.7. The number of hydrogen-bond donors (Lipinski definition) is 18. The number of phenolic OH excluding ortho intramolecular Hbond substituents is 5. The molecule has 0 saturated carbocycles. The Labute approximate surface area is 594 Å². The van der Waals surface area contributed by atoms with Crippen LogP contribution >= 0.6 is 23.2 Å². The molecule has 7 aliphatic heterocycles. The topological polar surface area (TPSA) is 467 Å². The average molecular weight is 1460 g/mol. The number of aliphatic hydroxyl groups excluding tert-OH is 5. The van der Waals surface area contributed by atoms with Crippen molar-refractivity contribution in [2.24, 2.45) is 0 Å². The molecule has 0 spiro atoms. The van der Waals surface area contributed by atoms with Gasteiger partial charge >= 0.3 is 0 Å². The first kappa shape index (κ1) is 72.1. The van der Waals surface area contributed by atoms with Gasteiger partial charge in [-0.25, -0.2) is 0 Å². The summed E-state index contributed by atoms with van der Waals surface area (Å²) in [6, 6.07) is 9.43. The normalized spacial score (nSPS) is 24.8. The summed E-state index contributed by atoms with van der Waals surface area (Å²) in [7, 11) is 5.02. The van der Waals surface area contributed by atoms with Crippen LogP contribution in [0.5, 0.6) is 69.0 Å². The molecule has 1 saturated heterocycles. The second-order valence-corrected chi connectivity index (χ2v) is 26.0. The number of halogens is 2. The van der Waals surface area contributed by atoms with Gasteiger partial charge in [0.2, 0.25) is 53.4 Å². The maximum atomic E-state index is 16.2. The predicted molar refractivity (Wildman–Crippen MR) is 361 cm³/mol. The van der Waals surface area contributed by atoms with Crippen LogP contribution in [0.4, 0.5) is 0 Å². The number of likely N-dealkylation sites (N-methyl/N-ethyl adjacent to an activating group) is 1. The molecule has 7 heterocycles. The Kier molecular flexibility index (Phi) is 20.8. The molecule has 1 fully saturated rings. The summed E-state index contributed by atoms with van der Waals surface area (Å²) in [5, 5.41) is 135. The van der Waals surface area contributed by atoms with E-state index in [0.29, 0.717) is 18.5 Å². The average Bonchev–Trinajstić information content (AvgIpc) is 0.757. The van der Waals surface area contributed by atoms with Gasteiger partial charge in [-0.15, -0.1) is 0 Å². The highest BCUT2D eigenvalue weighted by Crippen LogP contribution is 2.49. The first-order valence-electron chi connectivity index (χ1n) is 32.1. The van der Waals surface area contributed by atoms with E-state index < -0.39 is 200 Å². The lowest BCUT2D eigenvalue weighted by Crippen LogP contribution is -2.60. The third-order valence-corrected chi connectivity index (χ3v) is 18.6. The minimum absolute atomic E-state index is 0.0180. The van der Waals surface area contributed by atoms with Gasteiger partial charge in [-0.05, 0) is 140 Å². The van der Waals surface area contributed by atoms with Gasteiger partial charge in [0.25, 0.3) is 0 Å². The lowest BCUT2D eigenvalue weighted by atomic mass is 9.89. The van der Waals surface area contributed by atoms with Gasteiger partial charge in [0, 0.05) is 41.8 Å². The number of carbonyl (C=O) groups is 7. The van der Waals surface area contributed by atoms with Crippen molar-refractivity contribution in [2.75, 3.05) is 40.8 Å². The number of ether oxygens (including phenoxy) is 5. The highest BCUT2D eigenvalue weighted by Gasteiger charge is 2.47. The van der Waals surface area contributed by atoms with E-state index >= 15 is 24.0 Å². The van der Waals surface area contributed by atoms with E-state index in [9.17, 15) is 60.7 Å². The highest BCUT2D eigenvalue weighted by molar-refractivity contribution is 6.33. The Morgan fingerprint density at radius 1 is 0.592 bits per heavy atom. The molecule has 0 aromatic heterocycles. The Morgan fingerprint density at radius 2 is 1.24 bits per heavy atom. The van der Waals surface area contributed by atoms with Crippen LogP contribution in [-0.4, -0.2) is 181 Å². The van der Waals surface area contributed by atoms with Crippen LogP contribution in [0.1, 0.15) is 81.7 Å². The van der Waals surface area contributed by atoms with Gasteiger partial charge in [0.15, 0.2) is 23.0 Å². The molecule has 31 nitrogen and oxygen atoms in total. The summed E-state index contributed by atoms with van der Waals surface area (Å²) < 4.78 is 30.6. The van der Waals surface area contributed by atoms with E-state index in [0.717, 1.165) is 60.7 Å². The predicted octanol–water partition coefficient (Wildman–Crippen LogP) is 2.70. The molecule has 13 atom stereocenters. The third kappa shape index (κ3) is 14.9. The van der Waals surface area contributed by atoms with Gasteiger partial charge in [-0.3, -0.25) is 33.6 Å². The highest BCUT2D eigenvalue weighted by atomic mass is 35.5. The summed E-state index contributed by atoms with van der Waals surface area (Å²) in [4.78, 5) is 110. The number of amides is 7. The van der Waals surface area contributed by atoms with Crippen molar-refractivity contribution >= 4 is 64.6 Å². The summed E-state index contributed by atoms with van der Waals surface area (Å²) in [5.41, 5.74) is -1.88. The Hall–Kier alpha value is -10.7.